The van der Waals surface area contributed by atoms with E-state index in [9.17, 15) is 31.2 Å². The fourth-order valence-electron chi connectivity index (χ4n) is 3.73. The molecule has 216 valence electrons. The van der Waals surface area contributed by atoms with Gasteiger partial charge in [0.1, 0.15) is 16.7 Å². The fraction of sp³-hybridized carbons (Fsp3) is 0.522. The number of ether oxygens (including phenoxy) is 2. The van der Waals surface area contributed by atoms with Gasteiger partial charge in [0.15, 0.2) is 5.15 Å². The molecule has 2 heterocycles. The lowest BCUT2D eigenvalue weighted by Crippen LogP contribution is -2.60. The van der Waals surface area contributed by atoms with E-state index in [0.717, 1.165) is 4.31 Å². The molecule has 1 aromatic heterocycles. The number of halogens is 4. The molecule has 0 saturated heterocycles. The Hall–Kier alpha value is -3.20. The molecule has 11 nitrogen and oxygen atoms in total. The monoisotopic (exact) mass is 595 g/mol. The van der Waals surface area contributed by atoms with Gasteiger partial charge in [0, 0.05) is 25.4 Å². The minimum atomic E-state index is -4.82. The van der Waals surface area contributed by atoms with Gasteiger partial charge >= 0.3 is 12.3 Å². The standard InChI is InChI=1S/C23H29ClF3N5O6S/c1-7-31-11-17(19(24)30-31)39(35,36)32-12-18(21(3,4)29-13(2)33)37-16-9-8-14(10-15(16)32)28-20(34)38-22(5,6)23(25,26)27/h8-11,18H,7,12H2,1-6H3,(H,28,34)(H,29,33)/t18-/m1/s1. The smallest absolute Gasteiger partial charge is 0.427 e. The number of fused-ring (bicyclic) bond motifs is 1. The molecule has 0 fully saturated rings. The molecule has 3 rings (SSSR count). The summed E-state index contributed by atoms with van der Waals surface area (Å²) in [7, 11) is -4.38. The third kappa shape index (κ3) is 6.35. The number of alkyl halides is 3. The van der Waals surface area contributed by atoms with Gasteiger partial charge in [-0.15, -0.1) is 0 Å². The van der Waals surface area contributed by atoms with Crippen LogP contribution < -0.4 is 19.7 Å². The molecular weight excluding hydrogens is 567 g/mol. The molecule has 2 aromatic rings. The predicted molar refractivity (Wildman–Crippen MR) is 136 cm³/mol. The zero-order chi connectivity index (χ0) is 29.6. The maximum absolute atomic E-state index is 13.8. The Balaban J connectivity index is 2.05. The second kappa shape index (κ2) is 10.4. The molecule has 1 aliphatic rings. The molecule has 2 N–H and O–H groups in total. The SMILES string of the molecule is CCn1cc(S(=O)(=O)N2C[C@H](C(C)(C)NC(C)=O)Oc3ccc(NC(=O)OC(C)(C)C(F)(F)F)cc32)c(Cl)n1. The van der Waals surface area contributed by atoms with Crippen LogP contribution in [-0.2, 0) is 26.1 Å². The molecular formula is C23H29ClF3N5O6S. The van der Waals surface area contributed by atoms with Crippen LogP contribution in [0.3, 0.4) is 0 Å². The third-order valence-electron chi connectivity index (χ3n) is 5.99. The molecule has 16 heteroatoms. The number of amides is 2. The molecule has 0 bridgehead atoms. The average molecular weight is 596 g/mol. The van der Waals surface area contributed by atoms with E-state index < -0.39 is 39.5 Å². The predicted octanol–water partition coefficient (Wildman–Crippen LogP) is 4.32. The van der Waals surface area contributed by atoms with Crippen molar-refractivity contribution in [3.8, 4) is 5.75 Å². The molecule has 2 amide bonds. The Labute approximate surface area is 228 Å². The Kier molecular flexibility index (Phi) is 8.10. The molecule has 39 heavy (non-hydrogen) atoms. The van der Waals surface area contributed by atoms with E-state index in [0.29, 0.717) is 20.4 Å². The van der Waals surface area contributed by atoms with Crippen LogP contribution in [0.1, 0.15) is 41.5 Å². The largest absolute Gasteiger partial charge is 0.484 e. The first-order chi connectivity index (χ1) is 17.8. The van der Waals surface area contributed by atoms with E-state index >= 15 is 0 Å². The van der Waals surface area contributed by atoms with E-state index in [1.165, 1.54) is 36.0 Å². The van der Waals surface area contributed by atoms with E-state index in [1.54, 1.807) is 20.8 Å². The van der Waals surface area contributed by atoms with Crippen molar-refractivity contribution < 1.29 is 40.7 Å². The number of rotatable bonds is 7. The lowest BCUT2D eigenvalue weighted by atomic mass is 9.95. The van der Waals surface area contributed by atoms with Crippen LogP contribution in [0, 0.1) is 0 Å². The van der Waals surface area contributed by atoms with Crippen LogP contribution in [0.2, 0.25) is 5.15 Å². The van der Waals surface area contributed by atoms with Crippen LogP contribution in [0.5, 0.6) is 5.75 Å². The first-order valence-corrected chi connectivity index (χ1v) is 13.5. The molecule has 0 saturated carbocycles. The van der Waals surface area contributed by atoms with Crippen LogP contribution in [0.15, 0.2) is 29.3 Å². The molecule has 1 aromatic carbocycles. The van der Waals surface area contributed by atoms with Gasteiger partial charge in [-0.1, -0.05) is 11.6 Å². The third-order valence-corrected chi connectivity index (χ3v) is 8.16. The Morgan fingerprint density at radius 1 is 1.23 bits per heavy atom. The summed E-state index contributed by atoms with van der Waals surface area (Å²) in [5.41, 5.74) is -3.89. The Bertz CT molecular complexity index is 1380. The van der Waals surface area contributed by atoms with Crippen LogP contribution >= 0.6 is 11.6 Å². The number of nitrogens with one attached hydrogen (secondary N) is 2. The summed E-state index contributed by atoms with van der Waals surface area (Å²) in [4.78, 5) is 23.7. The zero-order valence-electron chi connectivity index (χ0n) is 22.0. The van der Waals surface area contributed by atoms with E-state index in [-0.39, 0.29) is 39.6 Å². The van der Waals surface area contributed by atoms with Gasteiger partial charge in [0.25, 0.3) is 10.0 Å². The highest BCUT2D eigenvalue weighted by atomic mass is 35.5. The number of nitrogens with zero attached hydrogens (tertiary/aromatic N) is 3. The molecule has 0 unspecified atom stereocenters. The maximum atomic E-state index is 13.8. The number of aryl methyl sites for hydroxylation is 1. The topological polar surface area (TPSA) is 132 Å². The van der Waals surface area contributed by atoms with Gasteiger partial charge in [-0.25, -0.2) is 13.2 Å². The van der Waals surface area contributed by atoms with Crippen molar-refractivity contribution in [2.24, 2.45) is 0 Å². The van der Waals surface area contributed by atoms with Crippen molar-refractivity contribution >= 4 is 45.0 Å². The van der Waals surface area contributed by atoms with Gasteiger partial charge in [0.2, 0.25) is 11.5 Å². The van der Waals surface area contributed by atoms with Crippen molar-refractivity contribution in [2.45, 2.75) is 76.4 Å². The Morgan fingerprint density at radius 2 is 1.87 bits per heavy atom. The van der Waals surface area contributed by atoms with Crippen LogP contribution in [0.4, 0.5) is 29.3 Å². The highest BCUT2D eigenvalue weighted by Crippen LogP contribution is 2.42. The summed E-state index contributed by atoms with van der Waals surface area (Å²) in [5.74, 6) is -0.294. The number of anilines is 2. The summed E-state index contributed by atoms with van der Waals surface area (Å²) in [6.45, 7) is 7.81. The van der Waals surface area contributed by atoms with Crippen molar-refractivity contribution in [1.29, 1.82) is 0 Å². The van der Waals surface area contributed by atoms with Crippen molar-refractivity contribution in [1.82, 2.24) is 15.1 Å². The molecule has 0 spiro atoms. The molecule has 1 atom stereocenters. The minimum Gasteiger partial charge on any atom is -0.484 e. The second-order valence-electron chi connectivity index (χ2n) is 9.89. The normalized spacial score (nSPS) is 16.3. The fourth-order valence-corrected chi connectivity index (χ4v) is 5.65. The lowest BCUT2D eigenvalue weighted by Gasteiger charge is -2.42. The first-order valence-electron chi connectivity index (χ1n) is 11.7. The van der Waals surface area contributed by atoms with Gasteiger partial charge in [0.05, 0.1) is 17.8 Å². The van der Waals surface area contributed by atoms with Gasteiger partial charge < -0.3 is 14.8 Å². The highest BCUT2D eigenvalue weighted by molar-refractivity contribution is 7.93. The first kappa shape index (κ1) is 30.3. The van der Waals surface area contributed by atoms with E-state index in [2.05, 4.69) is 20.5 Å². The van der Waals surface area contributed by atoms with Crippen molar-refractivity contribution in [3.63, 3.8) is 0 Å². The van der Waals surface area contributed by atoms with Gasteiger partial charge in [-0.05, 0) is 52.8 Å². The van der Waals surface area contributed by atoms with Crippen LogP contribution in [0.25, 0.3) is 0 Å². The lowest BCUT2D eigenvalue weighted by molar-refractivity contribution is -0.242. The highest BCUT2D eigenvalue weighted by Gasteiger charge is 2.51. The number of sulfonamides is 1. The molecule has 0 radical (unpaired) electrons. The van der Waals surface area contributed by atoms with E-state index in [1.807, 2.05) is 0 Å². The zero-order valence-corrected chi connectivity index (χ0v) is 23.6. The number of carbonyl (C=O) groups is 2. The van der Waals surface area contributed by atoms with Crippen molar-refractivity contribution in [3.05, 3.63) is 29.5 Å². The number of hydrogen-bond acceptors (Lipinski definition) is 7. The maximum Gasteiger partial charge on any atom is 0.427 e. The van der Waals surface area contributed by atoms with Crippen LogP contribution in [-0.4, -0.2) is 60.2 Å². The van der Waals surface area contributed by atoms with E-state index in [4.69, 9.17) is 16.3 Å². The summed E-state index contributed by atoms with van der Waals surface area (Å²) in [6.07, 6.45) is -5.84. The number of benzene rings is 1. The number of aromatic nitrogens is 2. The number of carbonyl (C=O) groups excluding carboxylic acids is 2. The molecule has 0 aliphatic carbocycles. The molecule has 1 aliphatic heterocycles. The summed E-state index contributed by atoms with van der Waals surface area (Å²) in [5, 5.41) is 8.64. The summed E-state index contributed by atoms with van der Waals surface area (Å²) >= 11 is 6.16. The quantitative estimate of drug-likeness (QED) is 0.487. The van der Waals surface area contributed by atoms with Gasteiger partial charge in [-0.2, -0.15) is 18.3 Å². The van der Waals surface area contributed by atoms with Gasteiger partial charge in [-0.3, -0.25) is 19.1 Å². The second-order valence-corrected chi connectivity index (χ2v) is 12.1. The Morgan fingerprint density at radius 3 is 2.41 bits per heavy atom. The number of hydrogen-bond donors (Lipinski definition) is 2. The average Bonchev–Trinajstić information content (AvgIpc) is 3.17. The summed E-state index contributed by atoms with van der Waals surface area (Å²) in [6, 6.07) is 3.87. The van der Waals surface area contributed by atoms with Crippen molar-refractivity contribution in [2.75, 3.05) is 16.2 Å². The summed E-state index contributed by atoms with van der Waals surface area (Å²) < 4.78 is 80.0. The minimum absolute atomic E-state index is 0.0296.